The second kappa shape index (κ2) is 7.55. The topological polar surface area (TPSA) is 52.0 Å². The lowest BCUT2D eigenvalue weighted by atomic mass is 10.0. The second-order valence-corrected chi connectivity index (χ2v) is 8.49. The number of fused-ring (bicyclic) bond motifs is 1. The molecule has 0 spiro atoms. The second-order valence-electron chi connectivity index (χ2n) is 8.49. The Morgan fingerprint density at radius 3 is 2.46 bits per heavy atom. The number of anilines is 1. The molecular formula is C23H32N4O. The van der Waals surface area contributed by atoms with Crippen LogP contribution in [0.2, 0.25) is 0 Å². The van der Waals surface area contributed by atoms with Gasteiger partial charge >= 0.3 is 0 Å². The van der Waals surface area contributed by atoms with Crippen LogP contribution in [0.25, 0.3) is 22.3 Å². The normalized spacial score (nSPS) is 12.2. The number of aryl methyl sites for hydroxylation is 2. The summed E-state index contributed by atoms with van der Waals surface area (Å²) in [7, 11) is 3.66. The lowest BCUT2D eigenvalue weighted by molar-refractivity contribution is 0.112. The Labute approximate surface area is 168 Å². The summed E-state index contributed by atoms with van der Waals surface area (Å²) >= 11 is 0. The highest BCUT2D eigenvalue weighted by atomic mass is 16.5. The summed E-state index contributed by atoms with van der Waals surface area (Å²) in [6, 6.07) is 6.47. The number of nitrogens with zero attached hydrogens (tertiary/aromatic N) is 3. The first-order valence-corrected chi connectivity index (χ1v) is 9.87. The zero-order valence-electron chi connectivity index (χ0n) is 18.3. The van der Waals surface area contributed by atoms with E-state index in [9.17, 15) is 0 Å². The molecule has 5 heteroatoms. The molecule has 3 aromatic rings. The van der Waals surface area contributed by atoms with Crippen LogP contribution in [0.15, 0.2) is 24.4 Å². The number of pyridine rings is 2. The summed E-state index contributed by atoms with van der Waals surface area (Å²) in [4.78, 5) is 9.89. The molecule has 0 radical (unpaired) electrons. The first kappa shape index (κ1) is 20.3. The van der Waals surface area contributed by atoms with Crippen LogP contribution < -0.4 is 5.32 Å². The van der Waals surface area contributed by atoms with Crippen molar-refractivity contribution in [3.63, 3.8) is 0 Å². The number of hydrogen-bond donors (Lipinski definition) is 1. The molecule has 3 heterocycles. The summed E-state index contributed by atoms with van der Waals surface area (Å²) in [5, 5.41) is 3.25. The monoisotopic (exact) mass is 380 g/mol. The molecule has 3 rings (SSSR count). The van der Waals surface area contributed by atoms with Gasteiger partial charge in [0.05, 0.1) is 28.9 Å². The number of hydrogen-bond acceptors (Lipinski definition) is 4. The van der Waals surface area contributed by atoms with Crippen molar-refractivity contribution in [2.45, 2.75) is 53.0 Å². The maximum Gasteiger partial charge on any atom is 0.135 e. The van der Waals surface area contributed by atoms with Gasteiger partial charge in [0.25, 0.3) is 0 Å². The zero-order chi connectivity index (χ0) is 20.6. The van der Waals surface area contributed by atoms with Crippen LogP contribution in [-0.4, -0.2) is 35.3 Å². The molecule has 0 amide bonds. The van der Waals surface area contributed by atoms with Crippen LogP contribution >= 0.6 is 0 Å². The average Bonchev–Trinajstić information content (AvgIpc) is 2.97. The van der Waals surface area contributed by atoms with E-state index in [1.54, 1.807) is 7.11 Å². The van der Waals surface area contributed by atoms with Crippen molar-refractivity contribution < 1.29 is 4.74 Å². The van der Waals surface area contributed by atoms with E-state index < -0.39 is 0 Å². The fourth-order valence-electron chi connectivity index (χ4n) is 3.77. The fraction of sp³-hybridized carbons (Fsp3) is 0.478. The number of aromatic nitrogens is 3. The molecule has 150 valence electrons. The van der Waals surface area contributed by atoms with Crippen molar-refractivity contribution in [1.82, 2.24) is 14.5 Å². The third-order valence-corrected chi connectivity index (χ3v) is 5.30. The van der Waals surface area contributed by atoms with Gasteiger partial charge < -0.3 is 14.6 Å². The lowest BCUT2D eigenvalue weighted by Gasteiger charge is -2.27. The van der Waals surface area contributed by atoms with Gasteiger partial charge in [-0.3, -0.25) is 0 Å². The van der Waals surface area contributed by atoms with Crippen molar-refractivity contribution in [2.75, 3.05) is 26.1 Å². The summed E-state index contributed by atoms with van der Waals surface area (Å²) in [6.07, 6.45) is 2.18. The fourth-order valence-corrected chi connectivity index (χ4v) is 3.77. The standard InChI is InChI=1S/C23H32N4O/c1-14(2)18-10-9-17(22(24-7)25-18)20-15(3)11-19-21(26-20)16(4)12-27(19)23(5,6)13-28-8/h9-12,14H,13H2,1-8H3,(H,24,25). The van der Waals surface area contributed by atoms with Crippen molar-refractivity contribution >= 4 is 16.9 Å². The van der Waals surface area contributed by atoms with Gasteiger partial charge in [0.15, 0.2) is 0 Å². The van der Waals surface area contributed by atoms with Crippen LogP contribution in [0.1, 0.15) is 50.4 Å². The first-order chi connectivity index (χ1) is 13.2. The maximum absolute atomic E-state index is 5.45. The van der Waals surface area contributed by atoms with Gasteiger partial charge in [0, 0.05) is 31.6 Å². The molecular weight excluding hydrogens is 348 g/mol. The molecule has 0 aliphatic rings. The highest BCUT2D eigenvalue weighted by Crippen LogP contribution is 2.34. The largest absolute Gasteiger partial charge is 0.382 e. The van der Waals surface area contributed by atoms with E-state index >= 15 is 0 Å². The minimum atomic E-state index is -0.145. The Morgan fingerprint density at radius 1 is 1.14 bits per heavy atom. The molecule has 28 heavy (non-hydrogen) atoms. The third-order valence-electron chi connectivity index (χ3n) is 5.30. The predicted octanol–water partition coefficient (Wildman–Crippen LogP) is 5.26. The summed E-state index contributed by atoms with van der Waals surface area (Å²) in [6.45, 7) is 13.6. The number of ether oxygens (including phenoxy) is 1. The van der Waals surface area contributed by atoms with E-state index in [2.05, 4.69) is 75.8 Å². The van der Waals surface area contributed by atoms with Gasteiger partial charge in [-0.2, -0.15) is 0 Å². The van der Waals surface area contributed by atoms with Crippen LogP contribution in [0.4, 0.5) is 5.82 Å². The third kappa shape index (κ3) is 3.51. The summed E-state index contributed by atoms with van der Waals surface area (Å²) in [5.41, 5.74) is 7.41. The molecule has 5 nitrogen and oxygen atoms in total. The zero-order valence-corrected chi connectivity index (χ0v) is 18.3. The van der Waals surface area contributed by atoms with Crippen molar-refractivity contribution in [1.29, 1.82) is 0 Å². The SMILES string of the molecule is CNc1nc(C(C)C)ccc1-c1nc2c(C)cn(C(C)(C)COC)c2cc1C. The molecule has 0 saturated heterocycles. The molecule has 0 fully saturated rings. The van der Waals surface area contributed by atoms with Crippen molar-refractivity contribution in [3.8, 4) is 11.3 Å². The first-order valence-electron chi connectivity index (χ1n) is 9.87. The van der Waals surface area contributed by atoms with E-state index in [4.69, 9.17) is 14.7 Å². The highest BCUT2D eigenvalue weighted by Gasteiger charge is 2.24. The van der Waals surface area contributed by atoms with Crippen molar-refractivity contribution in [2.24, 2.45) is 0 Å². The molecule has 0 unspecified atom stereocenters. The summed E-state index contributed by atoms with van der Waals surface area (Å²) in [5.74, 6) is 1.26. The Hall–Kier alpha value is -2.40. The van der Waals surface area contributed by atoms with Gasteiger partial charge in [0.1, 0.15) is 5.82 Å². The smallest absolute Gasteiger partial charge is 0.135 e. The molecule has 3 aromatic heterocycles. The Bertz CT molecular complexity index is 1000. The Morgan fingerprint density at radius 2 is 1.86 bits per heavy atom. The maximum atomic E-state index is 5.45. The average molecular weight is 381 g/mol. The van der Waals surface area contributed by atoms with Gasteiger partial charge in [-0.25, -0.2) is 9.97 Å². The number of methoxy groups -OCH3 is 1. The molecule has 0 atom stereocenters. The number of nitrogens with one attached hydrogen (secondary N) is 1. The molecule has 0 saturated carbocycles. The predicted molar refractivity (Wildman–Crippen MR) is 117 cm³/mol. The molecule has 0 aliphatic heterocycles. The molecule has 1 N–H and O–H groups in total. The van der Waals surface area contributed by atoms with Crippen LogP contribution in [0, 0.1) is 13.8 Å². The van der Waals surface area contributed by atoms with E-state index in [0.717, 1.165) is 44.9 Å². The Kier molecular flexibility index (Phi) is 5.48. The van der Waals surface area contributed by atoms with E-state index in [-0.39, 0.29) is 5.54 Å². The molecule has 0 aromatic carbocycles. The minimum Gasteiger partial charge on any atom is -0.382 e. The van der Waals surface area contributed by atoms with Gasteiger partial charge in [-0.15, -0.1) is 0 Å². The van der Waals surface area contributed by atoms with Crippen LogP contribution in [0.5, 0.6) is 0 Å². The minimum absolute atomic E-state index is 0.145. The Balaban J connectivity index is 2.20. The van der Waals surface area contributed by atoms with Crippen molar-refractivity contribution in [3.05, 3.63) is 41.2 Å². The number of rotatable bonds is 6. The van der Waals surface area contributed by atoms with Gasteiger partial charge in [0.2, 0.25) is 0 Å². The van der Waals surface area contributed by atoms with Gasteiger partial charge in [-0.1, -0.05) is 13.8 Å². The van der Waals surface area contributed by atoms with Crippen LogP contribution in [-0.2, 0) is 10.3 Å². The van der Waals surface area contributed by atoms with Crippen LogP contribution in [0.3, 0.4) is 0 Å². The van der Waals surface area contributed by atoms with Gasteiger partial charge in [-0.05, 0) is 62.9 Å². The summed E-state index contributed by atoms with van der Waals surface area (Å²) < 4.78 is 7.73. The lowest BCUT2D eigenvalue weighted by Crippen LogP contribution is -2.30. The van der Waals surface area contributed by atoms with E-state index in [0.29, 0.717) is 12.5 Å². The highest BCUT2D eigenvalue weighted by molar-refractivity contribution is 5.86. The molecule has 0 aliphatic carbocycles. The van der Waals surface area contributed by atoms with E-state index in [1.807, 2.05) is 7.05 Å². The quantitative estimate of drug-likeness (QED) is 0.633. The van der Waals surface area contributed by atoms with E-state index in [1.165, 1.54) is 0 Å². The molecule has 0 bridgehead atoms.